The predicted molar refractivity (Wildman–Crippen MR) is 53.3 cm³/mol. The maximum atomic E-state index is 5.58. The van der Waals surface area contributed by atoms with Crippen molar-refractivity contribution in [1.82, 2.24) is 5.32 Å². The first-order valence-electron chi connectivity index (χ1n) is 4.35. The SMILES string of the molecule is CNCC(N)=NCCCC(C)N. The second-order valence-corrected chi connectivity index (χ2v) is 3.02. The highest BCUT2D eigenvalue weighted by atomic mass is 14.9. The molecule has 12 heavy (non-hydrogen) atoms. The van der Waals surface area contributed by atoms with E-state index in [1.807, 2.05) is 14.0 Å². The van der Waals surface area contributed by atoms with Crippen LogP contribution in [0.4, 0.5) is 0 Å². The monoisotopic (exact) mass is 172 g/mol. The average Bonchev–Trinajstić information content (AvgIpc) is 1.98. The number of rotatable bonds is 6. The molecule has 1 unspecified atom stereocenters. The Kier molecular flexibility index (Phi) is 6.70. The Morgan fingerprint density at radius 3 is 2.75 bits per heavy atom. The van der Waals surface area contributed by atoms with Gasteiger partial charge >= 0.3 is 0 Å². The van der Waals surface area contributed by atoms with E-state index >= 15 is 0 Å². The van der Waals surface area contributed by atoms with E-state index in [1.54, 1.807) is 0 Å². The highest BCUT2D eigenvalue weighted by molar-refractivity contribution is 5.82. The van der Waals surface area contributed by atoms with Gasteiger partial charge in [-0.1, -0.05) is 0 Å². The molecule has 72 valence electrons. The summed E-state index contributed by atoms with van der Waals surface area (Å²) in [6.07, 6.45) is 2.03. The fourth-order valence-electron chi connectivity index (χ4n) is 0.873. The van der Waals surface area contributed by atoms with Gasteiger partial charge in [0.1, 0.15) is 5.84 Å². The van der Waals surface area contributed by atoms with Crippen LogP contribution >= 0.6 is 0 Å². The summed E-state index contributed by atoms with van der Waals surface area (Å²) >= 11 is 0. The molecule has 0 aromatic carbocycles. The molecule has 0 aliphatic carbocycles. The molecule has 1 atom stereocenters. The molecular formula is C8H20N4. The number of hydrogen-bond donors (Lipinski definition) is 3. The van der Waals surface area contributed by atoms with Crippen LogP contribution in [-0.4, -0.2) is 32.0 Å². The van der Waals surface area contributed by atoms with Gasteiger partial charge in [0.05, 0.1) is 6.54 Å². The van der Waals surface area contributed by atoms with Crippen molar-refractivity contribution in [1.29, 1.82) is 0 Å². The van der Waals surface area contributed by atoms with Crippen molar-refractivity contribution in [3.63, 3.8) is 0 Å². The zero-order chi connectivity index (χ0) is 9.40. The van der Waals surface area contributed by atoms with E-state index in [2.05, 4.69) is 10.3 Å². The molecule has 0 amide bonds. The van der Waals surface area contributed by atoms with Crippen LogP contribution in [0.25, 0.3) is 0 Å². The molecule has 0 saturated heterocycles. The summed E-state index contributed by atoms with van der Waals surface area (Å²) in [5.74, 6) is 0.669. The summed E-state index contributed by atoms with van der Waals surface area (Å²) in [4.78, 5) is 4.16. The zero-order valence-corrected chi connectivity index (χ0v) is 8.01. The third-order valence-corrected chi connectivity index (χ3v) is 1.49. The van der Waals surface area contributed by atoms with Crippen LogP contribution in [0.1, 0.15) is 19.8 Å². The standard InChI is InChI=1S/C8H20N4/c1-7(9)4-3-5-12-8(10)6-11-2/h7,11H,3-6,9H2,1-2H3,(H2,10,12). The topological polar surface area (TPSA) is 76.4 Å². The van der Waals surface area contributed by atoms with Crippen LogP contribution in [-0.2, 0) is 0 Å². The van der Waals surface area contributed by atoms with E-state index in [9.17, 15) is 0 Å². The fraction of sp³-hybridized carbons (Fsp3) is 0.875. The van der Waals surface area contributed by atoms with Crippen LogP contribution < -0.4 is 16.8 Å². The van der Waals surface area contributed by atoms with Gasteiger partial charge in [0, 0.05) is 12.6 Å². The third-order valence-electron chi connectivity index (χ3n) is 1.49. The Labute approximate surface area is 74.4 Å². The molecule has 0 spiro atoms. The number of nitrogens with one attached hydrogen (secondary N) is 1. The van der Waals surface area contributed by atoms with E-state index in [-0.39, 0.29) is 6.04 Å². The molecule has 0 bridgehead atoms. The lowest BCUT2D eigenvalue weighted by molar-refractivity contribution is 0.631. The van der Waals surface area contributed by atoms with Crippen LogP contribution in [0, 0.1) is 0 Å². The first-order valence-corrected chi connectivity index (χ1v) is 4.35. The zero-order valence-electron chi connectivity index (χ0n) is 8.01. The summed E-state index contributed by atoms with van der Waals surface area (Å²) < 4.78 is 0. The second kappa shape index (κ2) is 7.06. The van der Waals surface area contributed by atoms with Crippen LogP contribution in [0.15, 0.2) is 4.99 Å². The maximum Gasteiger partial charge on any atom is 0.108 e. The van der Waals surface area contributed by atoms with E-state index in [0.717, 1.165) is 19.4 Å². The van der Waals surface area contributed by atoms with Gasteiger partial charge in [0.15, 0.2) is 0 Å². The molecule has 0 aromatic heterocycles. The number of likely N-dealkylation sites (N-methyl/N-ethyl adjacent to an activating group) is 1. The minimum Gasteiger partial charge on any atom is -0.386 e. The van der Waals surface area contributed by atoms with Crippen molar-refractivity contribution in [2.75, 3.05) is 20.1 Å². The lowest BCUT2D eigenvalue weighted by Crippen LogP contribution is -2.26. The van der Waals surface area contributed by atoms with Crippen molar-refractivity contribution in [2.45, 2.75) is 25.8 Å². The Hall–Kier alpha value is -0.610. The molecule has 0 fully saturated rings. The van der Waals surface area contributed by atoms with E-state index < -0.39 is 0 Å². The van der Waals surface area contributed by atoms with E-state index in [0.29, 0.717) is 12.4 Å². The Balaban J connectivity index is 3.33. The quantitative estimate of drug-likeness (QED) is 0.292. The molecule has 0 radical (unpaired) electrons. The van der Waals surface area contributed by atoms with Crippen LogP contribution in [0.3, 0.4) is 0 Å². The number of hydrogen-bond acceptors (Lipinski definition) is 3. The predicted octanol–water partition coefficient (Wildman–Crippen LogP) is -0.310. The molecule has 5 N–H and O–H groups in total. The van der Waals surface area contributed by atoms with E-state index in [4.69, 9.17) is 11.5 Å². The lowest BCUT2D eigenvalue weighted by Gasteiger charge is -2.02. The molecule has 4 nitrogen and oxygen atoms in total. The molecular weight excluding hydrogens is 152 g/mol. The highest BCUT2D eigenvalue weighted by Crippen LogP contribution is 1.92. The van der Waals surface area contributed by atoms with Crippen molar-refractivity contribution < 1.29 is 0 Å². The normalized spacial score (nSPS) is 14.8. The molecule has 0 aliphatic rings. The number of aliphatic imine (C=N–C) groups is 1. The lowest BCUT2D eigenvalue weighted by atomic mass is 10.2. The van der Waals surface area contributed by atoms with Crippen LogP contribution in [0.2, 0.25) is 0 Å². The van der Waals surface area contributed by atoms with Crippen molar-refractivity contribution in [3.05, 3.63) is 0 Å². The van der Waals surface area contributed by atoms with Gasteiger partial charge in [-0.15, -0.1) is 0 Å². The van der Waals surface area contributed by atoms with Crippen molar-refractivity contribution in [2.24, 2.45) is 16.5 Å². The largest absolute Gasteiger partial charge is 0.386 e. The van der Waals surface area contributed by atoms with Gasteiger partial charge in [-0.25, -0.2) is 0 Å². The summed E-state index contributed by atoms with van der Waals surface area (Å²) in [7, 11) is 1.85. The molecule has 0 heterocycles. The molecule has 0 aliphatic heterocycles. The smallest absolute Gasteiger partial charge is 0.108 e. The molecule has 0 rings (SSSR count). The molecule has 0 aromatic rings. The summed E-state index contributed by atoms with van der Waals surface area (Å²) in [5, 5.41) is 2.94. The Morgan fingerprint density at radius 1 is 1.58 bits per heavy atom. The van der Waals surface area contributed by atoms with E-state index in [1.165, 1.54) is 0 Å². The number of amidine groups is 1. The first-order chi connectivity index (χ1) is 5.66. The summed E-state index contributed by atoms with van der Waals surface area (Å²) in [6.45, 7) is 3.45. The Morgan fingerprint density at radius 2 is 2.25 bits per heavy atom. The van der Waals surface area contributed by atoms with Crippen molar-refractivity contribution >= 4 is 5.84 Å². The van der Waals surface area contributed by atoms with Gasteiger partial charge in [0.25, 0.3) is 0 Å². The van der Waals surface area contributed by atoms with Gasteiger partial charge < -0.3 is 16.8 Å². The third kappa shape index (κ3) is 7.50. The Bertz CT molecular complexity index is 131. The van der Waals surface area contributed by atoms with Crippen LogP contribution in [0.5, 0.6) is 0 Å². The van der Waals surface area contributed by atoms with Gasteiger partial charge in [-0.2, -0.15) is 0 Å². The number of nitrogens with two attached hydrogens (primary N) is 2. The maximum absolute atomic E-state index is 5.58. The molecule has 4 heteroatoms. The minimum atomic E-state index is 0.269. The minimum absolute atomic E-state index is 0.269. The average molecular weight is 172 g/mol. The fourth-order valence-corrected chi connectivity index (χ4v) is 0.873. The number of nitrogens with zero attached hydrogens (tertiary/aromatic N) is 1. The van der Waals surface area contributed by atoms with Gasteiger partial charge in [-0.3, -0.25) is 4.99 Å². The summed E-state index contributed by atoms with van der Waals surface area (Å²) in [6, 6.07) is 0.269. The van der Waals surface area contributed by atoms with Gasteiger partial charge in [0.2, 0.25) is 0 Å². The highest BCUT2D eigenvalue weighted by Gasteiger charge is 1.93. The van der Waals surface area contributed by atoms with Gasteiger partial charge in [-0.05, 0) is 26.8 Å². The molecule has 0 saturated carbocycles. The summed E-state index contributed by atoms with van der Waals surface area (Å²) in [5.41, 5.74) is 11.1. The first kappa shape index (κ1) is 11.4. The van der Waals surface area contributed by atoms with Crippen molar-refractivity contribution in [3.8, 4) is 0 Å². The second-order valence-electron chi connectivity index (χ2n) is 3.02.